The predicted molar refractivity (Wildman–Crippen MR) is 113 cm³/mol. The molecule has 0 aliphatic heterocycles. The van der Waals surface area contributed by atoms with Gasteiger partial charge in [0.2, 0.25) is 10.0 Å². The molecule has 0 saturated heterocycles. The van der Waals surface area contributed by atoms with E-state index in [1.807, 2.05) is 60.7 Å². The SMILES string of the molecule is O=C(O)c1cc(S(=O)(=O)NCCc2ccccc2)ccc1NCc1ccccc1. The highest BCUT2D eigenvalue weighted by Gasteiger charge is 2.18. The van der Waals surface area contributed by atoms with Crippen molar-refractivity contribution in [2.75, 3.05) is 11.9 Å². The van der Waals surface area contributed by atoms with Gasteiger partial charge in [-0.3, -0.25) is 0 Å². The molecule has 0 fully saturated rings. The Labute approximate surface area is 170 Å². The molecule has 29 heavy (non-hydrogen) atoms. The highest BCUT2D eigenvalue weighted by molar-refractivity contribution is 7.89. The molecule has 3 rings (SSSR count). The predicted octanol–water partition coefficient (Wildman–Crippen LogP) is 3.52. The Morgan fingerprint density at radius 3 is 2.10 bits per heavy atom. The van der Waals surface area contributed by atoms with E-state index in [0.717, 1.165) is 11.1 Å². The number of anilines is 1. The first-order valence-electron chi connectivity index (χ1n) is 9.14. The second-order valence-electron chi connectivity index (χ2n) is 6.49. The molecular formula is C22H22N2O4S. The van der Waals surface area contributed by atoms with Crippen LogP contribution in [0.4, 0.5) is 5.69 Å². The van der Waals surface area contributed by atoms with Gasteiger partial charge in [-0.1, -0.05) is 60.7 Å². The summed E-state index contributed by atoms with van der Waals surface area (Å²) in [7, 11) is -3.81. The third-order valence-electron chi connectivity index (χ3n) is 4.41. The van der Waals surface area contributed by atoms with Gasteiger partial charge in [0, 0.05) is 18.8 Å². The lowest BCUT2D eigenvalue weighted by molar-refractivity contribution is 0.0697. The van der Waals surface area contributed by atoms with Crippen molar-refractivity contribution in [2.24, 2.45) is 0 Å². The molecule has 0 heterocycles. The van der Waals surface area contributed by atoms with E-state index in [9.17, 15) is 18.3 Å². The van der Waals surface area contributed by atoms with E-state index in [1.165, 1.54) is 18.2 Å². The maximum absolute atomic E-state index is 12.6. The largest absolute Gasteiger partial charge is 0.478 e. The Hall–Kier alpha value is -3.16. The number of nitrogens with one attached hydrogen (secondary N) is 2. The van der Waals surface area contributed by atoms with Gasteiger partial charge in [0.25, 0.3) is 0 Å². The highest BCUT2D eigenvalue weighted by Crippen LogP contribution is 2.21. The molecule has 0 spiro atoms. The van der Waals surface area contributed by atoms with Crippen LogP contribution in [0.15, 0.2) is 83.8 Å². The number of hydrogen-bond donors (Lipinski definition) is 3. The number of benzene rings is 3. The maximum Gasteiger partial charge on any atom is 0.337 e. The normalized spacial score (nSPS) is 11.2. The summed E-state index contributed by atoms with van der Waals surface area (Å²) in [5, 5.41) is 12.6. The van der Waals surface area contributed by atoms with Crippen molar-refractivity contribution < 1.29 is 18.3 Å². The zero-order valence-electron chi connectivity index (χ0n) is 15.7. The van der Waals surface area contributed by atoms with Crippen LogP contribution in [0.3, 0.4) is 0 Å². The summed E-state index contributed by atoms with van der Waals surface area (Å²) in [6, 6.07) is 23.1. The van der Waals surface area contributed by atoms with Gasteiger partial charge < -0.3 is 10.4 Å². The lowest BCUT2D eigenvalue weighted by Crippen LogP contribution is -2.26. The number of carboxylic acids is 1. The fraction of sp³-hybridized carbons (Fsp3) is 0.136. The van der Waals surface area contributed by atoms with Crippen molar-refractivity contribution in [3.8, 4) is 0 Å². The summed E-state index contributed by atoms with van der Waals surface area (Å²) in [6.07, 6.45) is 0.544. The van der Waals surface area contributed by atoms with Crippen LogP contribution in [0.1, 0.15) is 21.5 Å². The second kappa shape index (κ2) is 9.36. The van der Waals surface area contributed by atoms with Crippen molar-refractivity contribution in [2.45, 2.75) is 17.9 Å². The standard InChI is InChI=1S/C22H22N2O4S/c25-22(26)20-15-19(11-12-21(20)23-16-18-9-5-2-6-10-18)29(27,28)24-14-13-17-7-3-1-4-8-17/h1-12,15,23-24H,13-14,16H2,(H,25,26). The molecule has 150 valence electrons. The Morgan fingerprint density at radius 2 is 1.48 bits per heavy atom. The third kappa shape index (κ3) is 5.66. The molecule has 6 nitrogen and oxygen atoms in total. The zero-order chi connectivity index (χ0) is 20.7. The quantitative estimate of drug-likeness (QED) is 0.502. The molecule has 0 bridgehead atoms. The van der Waals surface area contributed by atoms with Crippen LogP contribution >= 0.6 is 0 Å². The fourth-order valence-corrected chi connectivity index (χ4v) is 3.93. The van der Waals surface area contributed by atoms with E-state index >= 15 is 0 Å². The average molecular weight is 410 g/mol. The fourth-order valence-electron chi connectivity index (χ4n) is 2.87. The monoisotopic (exact) mass is 410 g/mol. The smallest absolute Gasteiger partial charge is 0.337 e. The van der Waals surface area contributed by atoms with Crippen LogP contribution in [0.25, 0.3) is 0 Å². The molecule has 0 amide bonds. The minimum atomic E-state index is -3.81. The van der Waals surface area contributed by atoms with Gasteiger partial charge in [-0.25, -0.2) is 17.9 Å². The Balaban J connectivity index is 1.71. The molecule has 3 aromatic rings. The average Bonchev–Trinajstić information content (AvgIpc) is 2.73. The molecule has 0 radical (unpaired) electrons. The Bertz CT molecular complexity index is 1070. The first-order valence-corrected chi connectivity index (χ1v) is 10.6. The second-order valence-corrected chi connectivity index (χ2v) is 8.25. The van der Waals surface area contributed by atoms with Crippen LogP contribution in [0.2, 0.25) is 0 Å². The Morgan fingerprint density at radius 1 is 0.862 bits per heavy atom. The van der Waals surface area contributed by atoms with Crippen LogP contribution in [0, 0.1) is 0 Å². The highest BCUT2D eigenvalue weighted by atomic mass is 32.2. The molecule has 0 saturated carbocycles. The summed E-state index contributed by atoms with van der Waals surface area (Å²) in [5.41, 5.74) is 2.28. The minimum absolute atomic E-state index is 0.0757. The van der Waals surface area contributed by atoms with Gasteiger partial charge in [-0.2, -0.15) is 0 Å². The summed E-state index contributed by atoms with van der Waals surface area (Å²) < 4.78 is 27.7. The molecular weight excluding hydrogens is 388 g/mol. The van der Waals surface area contributed by atoms with Gasteiger partial charge in [0.05, 0.1) is 10.5 Å². The van der Waals surface area contributed by atoms with E-state index < -0.39 is 16.0 Å². The van der Waals surface area contributed by atoms with Crippen molar-refractivity contribution in [1.82, 2.24) is 4.72 Å². The molecule has 3 aromatic carbocycles. The van der Waals surface area contributed by atoms with Crippen LogP contribution < -0.4 is 10.0 Å². The number of aromatic carboxylic acids is 1. The Kier molecular flexibility index (Phi) is 6.64. The van der Waals surface area contributed by atoms with Gasteiger partial charge in [0.15, 0.2) is 0 Å². The van der Waals surface area contributed by atoms with Crippen LogP contribution in [-0.4, -0.2) is 26.0 Å². The van der Waals surface area contributed by atoms with E-state index in [-0.39, 0.29) is 17.0 Å². The molecule has 0 aromatic heterocycles. The van der Waals surface area contributed by atoms with Gasteiger partial charge in [-0.05, 0) is 35.7 Å². The molecule has 0 aliphatic carbocycles. The van der Waals surface area contributed by atoms with Gasteiger partial charge in [-0.15, -0.1) is 0 Å². The van der Waals surface area contributed by atoms with Crippen molar-refractivity contribution in [3.05, 3.63) is 95.6 Å². The van der Waals surface area contributed by atoms with Crippen LogP contribution in [-0.2, 0) is 23.0 Å². The van der Waals surface area contributed by atoms with E-state index in [0.29, 0.717) is 18.7 Å². The lowest BCUT2D eigenvalue weighted by Gasteiger charge is -2.12. The van der Waals surface area contributed by atoms with Crippen molar-refractivity contribution in [3.63, 3.8) is 0 Å². The summed E-state index contributed by atoms with van der Waals surface area (Å²) in [6.45, 7) is 0.658. The molecule has 3 N–H and O–H groups in total. The van der Waals surface area contributed by atoms with E-state index in [2.05, 4.69) is 10.0 Å². The van der Waals surface area contributed by atoms with E-state index in [4.69, 9.17) is 0 Å². The number of carboxylic acid groups (broad SMARTS) is 1. The molecule has 0 unspecified atom stereocenters. The number of sulfonamides is 1. The summed E-state index contributed by atoms with van der Waals surface area (Å²) in [4.78, 5) is 11.6. The molecule has 0 atom stereocenters. The molecule has 7 heteroatoms. The first kappa shape index (κ1) is 20.6. The lowest BCUT2D eigenvalue weighted by atomic mass is 10.1. The minimum Gasteiger partial charge on any atom is -0.478 e. The zero-order valence-corrected chi connectivity index (χ0v) is 16.5. The summed E-state index contributed by atoms with van der Waals surface area (Å²) in [5.74, 6) is -1.19. The van der Waals surface area contributed by atoms with Crippen LogP contribution in [0.5, 0.6) is 0 Å². The summed E-state index contributed by atoms with van der Waals surface area (Å²) >= 11 is 0. The van der Waals surface area contributed by atoms with Crippen molar-refractivity contribution >= 4 is 21.7 Å². The van der Waals surface area contributed by atoms with Gasteiger partial charge >= 0.3 is 5.97 Å². The number of rotatable bonds is 9. The number of carbonyl (C=O) groups is 1. The third-order valence-corrected chi connectivity index (χ3v) is 5.86. The number of hydrogen-bond acceptors (Lipinski definition) is 4. The first-order chi connectivity index (χ1) is 14.0. The van der Waals surface area contributed by atoms with Crippen molar-refractivity contribution in [1.29, 1.82) is 0 Å². The van der Waals surface area contributed by atoms with Gasteiger partial charge in [0.1, 0.15) is 0 Å². The maximum atomic E-state index is 12.6. The van der Waals surface area contributed by atoms with E-state index in [1.54, 1.807) is 0 Å². The topological polar surface area (TPSA) is 95.5 Å². The molecule has 0 aliphatic rings.